The van der Waals surface area contributed by atoms with Gasteiger partial charge in [0.25, 0.3) is 0 Å². The third-order valence-electron chi connectivity index (χ3n) is 3.14. The van der Waals surface area contributed by atoms with Crippen LogP contribution < -0.4 is 5.32 Å². The molecule has 2 rings (SSSR count). The van der Waals surface area contributed by atoms with E-state index in [1.165, 1.54) is 19.3 Å². The lowest BCUT2D eigenvalue weighted by molar-refractivity contribution is 0.556. The van der Waals surface area contributed by atoms with Crippen molar-refractivity contribution in [2.45, 2.75) is 32.2 Å². The summed E-state index contributed by atoms with van der Waals surface area (Å²) in [5.74, 6) is 0.691. The van der Waals surface area contributed by atoms with Crippen LogP contribution in [0.1, 0.15) is 31.7 Å². The first-order valence-corrected chi connectivity index (χ1v) is 5.42. The van der Waals surface area contributed by atoms with Crippen LogP contribution in [0, 0.1) is 17.2 Å². The van der Waals surface area contributed by atoms with Gasteiger partial charge >= 0.3 is 0 Å². The van der Waals surface area contributed by atoms with Crippen LogP contribution in [-0.4, -0.2) is 11.0 Å². The molecule has 0 spiro atoms. The Hall–Kier alpha value is -1.56. The summed E-state index contributed by atoms with van der Waals surface area (Å²) in [6.45, 7) is 2.26. The predicted octanol–water partition coefficient (Wildman–Crippen LogP) is 2.55. The standard InChI is InChI=1S/C12H15N3/c1-9-3-2-4-11(9)15-12-8-14-6-5-10(12)7-13/h5-6,8-9,11,15H,2-4H2,1H3. The zero-order valence-electron chi connectivity index (χ0n) is 8.90. The van der Waals surface area contributed by atoms with Gasteiger partial charge in [-0.2, -0.15) is 5.26 Å². The Morgan fingerprint density at radius 2 is 2.40 bits per heavy atom. The fourth-order valence-corrected chi connectivity index (χ4v) is 2.17. The van der Waals surface area contributed by atoms with E-state index in [2.05, 4.69) is 23.3 Å². The summed E-state index contributed by atoms with van der Waals surface area (Å²) in [5, 5.41) is 12.4. The van der Waals surface area contributed by atoms with E-state index < -0.39 is 0 Å². The Balaban J connectivity index is 2.14. The summed E-state index contributed by atoms with van der Waals surface area (Å²) in [6.07, 6.45) is 7.15. The second-order valence-electron chi connectivity index (χ2n) is 4.19. The molecule has 0 saturated heterocycles. The van der Waals surface area contributed by atoms with Crippen molar-refractivity contribution < 1.29 is 0 Å². The van der Waals surface area contributed by atoms with Gasteiger partial charge in [-0.1, -0.05) is 13.3 Å². The van der Waals surface area contributed by atoms with E-state index in [1.54, 1.807) is 18.5 Å². The molecule has 78 valence electrons. The molecule has 3 nitrogen and oxygen atoms in total. The van der Waals surface area contributed by atoms with Crippen LogP contribution in [0.15, 0.2) is 18.5 Å². The van der Waals surface area contributed by atoms with Gasteiger partial charge in [0.1, 0.15) is 6.07 Å². The maximum atomic E-state index is 8.94. The summed E-state index contributed by atoms with van der Waals surface area (Å²) in [5.41, 5.74) is 1.56. The van der Waals surface area contributed by atoms with Crippen LogP contribution in [0.2, 0.25) is 0 Å². The predicted molar refractivity (Wildman–Crippen MR) is 59.4 cm³/mol. The van der Waals surface area contributed by atoms with Gasteiger partial charge in [0, 0.05) is 12.2 Å². The summed E-state index contributed by atoms with van der Waals surface area (Å²) in [4.78, 5) is 4.05. The molecule has 1 saturated carbocycles. The van der Waals surface area contributed by atoms with E-state index >= 15 is 0 Å². The van der Waals surface area contributed by atoms with Gasteiger partial charge in [-0.25, -0.2) is 0 Å². The van der Waals surface area contributed by atoms with Gasteiger partial charge in [0.05, 0.1) is 17.4 Å². The van der Waals surface area contributed by atoms with E-state index in [1.807, 2.05) is 0 Å². The first-order chi connectivity index (χ1) is 7.31. The molecule has 15 heavy (non-hydrogen) atoms. The highest BCUT2D eigenvalue weighted by Crippen LogP contribution is 2.28. The van der Waals surface area contributed by atoms with Crippen LogP contribution in [0.3, 0.4) is 0 Å². The van der Waals surface area contributed by atoms with Gasteiger partial charge in [-0.05, 0) is 24.8 Å². The summed E-state index contributed by atoms with van der Waals surface area (Å²) >= 11 is 0. The Morgan fingerprint density at radius 3 is 3.07 bits per heavy atom. The van der Waals surface area contributed by atoms with Crippen molar-refractivity contribution in [2.75, 3.05) is 5.32 Å². The molecule has 3 heteroatoms. The van der Waals surface area contributed by atoms with Crippen LogP contribution in [0.5, 0.6) is 0 Å². The third kappa shape index (κ3) is 2.10. The number of pyridine rings is 1. The van der Waals surface area contributed by atoms with Gasteiger partial charge < -0.3 is 5.32 Å². The number of anilines is 1. The maximum Gasteiger partial charge on any atom is 0.101 e. The molecule has 0 aliphatic heterocycles. The lowest BCUT2D eigenvalue weighted by atomic mass is 10.1. The molecule has 1 N–H and O–H groups in total. The van der Waals surface area contributed by atoms with Crippen molar-refractivity contribution in [3.05, 3.63) is 24.0 Å². The zero-order chi connectivity index (χ0) is 10.7. The van der Waals surface area contributed by atoms with E-state index in [0.29, 0.717) is 17.5 Å². The molecule has 1 aliphatic carbocycles. The minimum Gasteiger partial charge on any atom is -0.380 e. The van der Waals surface area contributed by atoms with E-state index in [9.17, 15) is 0 Å². The highest BCUT2D eigenvalue weighted by Gasteiger charge is 2.23. The summed E-state index contributed by atoms with van der Waals surface area (Å²) in [6, 6.07) is 4.43. The SMILES string of the molecule is CC1CCCC1Nc1cnccc1C#N. The third-order valence-corrected chi connectivity index (χ3v) is 3.14. The van der Waals surface area contributed by atoms with Crippen LogP contribution >= 0.6 is 0 Å². The van der Waals surface area contributed by atoms with Crippen molar-refractivity contribution in [1.82, 2.24) is 4.98 Å². The highest BCUT2D eigenvalue weighted by molar-refractivity contribution is 5.56. The van der Waals surface area contributed by atoms with E-state index in [0.717, 1.165) is 5.69 Å². The van der Waals surface area contributed by atoms with Gasteiger partial charge in [0.2, 0.25) is 0 Å². The van der Waals surface area contributed by atoms with Gasteiger partial charge in [0.15, 0.2) is 0 Å². The lowest BCUT2D eigenvalue weighted by Crippen LogP contribution is -2.22. The minimum atomic E-state index is 0.501. The molecule has 0 bridgehead atoms. The second kappa shape index (κ2) is 4.31. The Labute approximate surface area is 90.1 Å². The van der Waals surface area contributed by atoms with Gasteiger partial charge in [-0.15, -0.1) is 0 Å². The van der Waals surface area contributed by atoms with Crippen LogP contribution in [-0.2, 0) is 0 Å². The maximum absolute atomic E-state index is 8.94. The van der Waals surface area contributed by atoms with Crippen LogP contribution in [0.25, 0.3) is 0 Å². The van der Waals surface area contributed by atoms with Crippen molar-refractivity contribution in [1.29, 1.82) is 5.26 Å². The average Bonchev–Trinajstić information content (AvgIpc) is 2.65. The summed E-state index contributed by atoms with van der Waals surface area (Å²) < 4.78 is 0. The largest absolute Gasteiger partial charge is 0.380 e. The number of nitrogens with zero attached hydrogens (tertiary/aromatic N) is 2. The normalized spacial score (nSPS) is 24.8. The Kier molecular flexibility index (Phi) is 2.86. The minimum absolute atomic E-state index is 0.501. The molecule has 1 aromatic heterocycles. The number of aromatic nitrogens is 1. The molecule has 0 amide bonds. The average molecular weight is 201 g/mol. The molecule has 1 aliphatic rings. The van der Waals surface area contributed by atoms with Crippen molar-refractivity contribution in [3.8, 4) is 6.07 Å². The fraction of sp³-hybridized carbons (Fsp3) is 0.500. The number of hydrogen-bond donors (Lipinski definition) is 1. The van der Waals surface area contributed by atoms with Crippen LogP contribution in [0.4, 0.5) is 5.69 Å². The molecule has 2 atom stereocenters. The van der Waals surface area contributed by atoms with Crippen molar-refractivity contribution in [3.63, 3.8) is 0 Å². The fourth-order valence-electron chi connectivity index (χ4n) is 2.17. The number of nitrogens with one attached hydrogen (secondary N) is 1. The summed E-state index contributed by atoms with van der Waals surface area (Å²) in [7, 11) is 0. The highest BCUT2D eigenvalue weighted by atomic mass is 14.9. The topological polar surface area (TPSA) is 48.7 Å². The number of nitriles is 1. The van der Waals surface area contributed by atoms with Crippen molar-refractivity contribution >= 4 is 5.69 Å². The molecule has 0 radical (unpaired) electrons. The second-order valence-corrected chi connectivity index (χ2v) is 4.19. The number of hydrogen-bond acceptors (Lipinski definition) is 3. The molecular weight excluding hydrogens is 186 g/mol. The monoisotopic (exact) mass is 201 g/mol. The quantitative estimate of drug-likeness (QED) is 0.800. The van der Waals surface area contributed by atoms with Crippen molar-refractivity contribution in [2.24, 2.45) is 5.92 Å². The first-order valence-electron chi connectivity index (χ1n) is 5.42. The Morgan fingerprint density at radius 1 is 1.53 bits per heavy atom. The zero-order valence-corrected chi connectivity index (χ0v) is 8.90. The smallest absolute Gasteiger partial charge is 0.101 e. The van der Waals surface area contributed by atoms with Gasteiger partial charge in [-0.3, -0.25) is 4.98 Å². The molecule has 1 aromatic rings. The Bertz CT molecular complexity index is 381. The molecule has 2 unspecified atom stereocenters. The lowest BCUT2D eigenvalue weighted by Gasteiger charge is -2.18. The van der Waals surface area contributed by atoms with E-state index in [-0.39, 0.29) is 0 Å². The molecular formula is C12H15N3. The van der Waals surface area contributed by atoms with E-state index in [4.69, 9.17) is 5.26 Å². The molecule has 1 fully saturated rings. The molecule has 0 aromatic carbocycles. The molecule has 1 heterocycles. The first kappa shape index (κ1) is 9.97. The number of rotatable bonds is 2.